The monoisotopic (exact) mass is 436 g/mol. The number of halogens is 2. The number of pyridine rings is 1. The molecule has 0 bridgehead atoms. The first kappa shape index (κ1) is 19.1. The number of anilines is 1. The quantitative estimate of drug-likeness (QED) is 0.443. The van der Waals surface area contributed by atoms with Crippen LogP contribution in [-0.2, 0) is 0 Å². The summed E-state index contributed by atoms with van der Waals surface area (Å²) in [6.07, 6.45) is 5.36. The summed E-state index contributed by atoms with van der Waals surface area (Å²) in [5.74, 6) is 0.210. The fourth-order valence-electron chi connectivity index (χ4n) is 3.41. The Labute approximate surface area is 179 Å². The SMILES string of the molecule is CC(Nc1ncnc2[nH]cnc12)c1nc2cccc(Cl)c2c(=O)n1-c1cncc(F)c1. The Bertz CT molecular complexity index is 1500. The van der Waals surface area contributed by atoms with Crippen LogP contribution in [0.4, 0.5) is 10.2 Å². The summed E-state index contributed by atoms with van der Waals surface area (Å²) in [6, 6.07) is 5.71. The van der Waals surface area contributed by atoms with Gasteiger partial charge in [-0.2, -0.15) is 0 Å². The molecule has 1 aromatic carbocycles. The van der Waals surface area contributed by atoms with Crippen LogP contribution in [0.15, 0.2) is 54.1 Å². The molecule has 11 heteroatoms. The molecule has 4 heterocycles. The predicted octanol–water partition coefficient (Wildman–Crippen LogP) is 3.41. The van der Waals surface area contributed by atoms with Gasteiger partial charge in [0.1, 0.15) is 23.5 Å². The maximum Gasteiger partial charge on any atom is 0.267 e. The van der Waals surface area contributed by atoms with Gasteiger partial charge in [-0.3, -0.25) is 14.3 Å². The molecule has 0 aliphatic heterocycles. The van der Waals surface area contributed by atoms with E-state index >= 15 is 0 Å². The number of aromatic amines is 1. The Morgan fingerprint density at radius 2 is 2.10 bits per heavy atom. The molecule has 0 spiro atoms. The van der Waals surface area contributed by atoms with Gasteiger partial charge >= 0.3 is 0 Å². The van der Waals surface area contributed by atoms with Crippen molar-refractivity contribution in [2.75, 3.05) is 5.32 Å². The highest BCUT2D eigenvalue weighted by molar-refractivity contribution is 6.35. The summed E-state index contributed by atoms with van der Waals surface area (Å²) in [7, 11) is 0. The van der Waals surface area contributed by atoms with Crippen molar-refractivity contribution in [3.63, 3.8) is 0 Å². The van der Waals surface area contributed by atoms with E-state index in [1.165, 1.54) is 29.5 Å². The van der Waals surface area contributed by atoms with E-state index in [9.17, 15) is 9.18 Å². The summed E-state index contributed by atoms with van der Waals surface area (Å²) < 4.78 is 15.2. The van der Waals surface area contributed by atoms with Crippen LogP contribution in [0.1, 0.15) is 18.8 Å². The Morgan fingerprint density at radius 3 is 2.94 bits per heavy atom. The third-order valence-corrected chi connectivity index (χ3v) is 5.09. The molecule has 0 saturated carbocycles. The lowest BCUT2D eigenvalue weighted by molar-refractivity contribution is 0.617. The van der Waals surface area contributed by atoms with Crippen LogP contribution < -0.4 is 10.9 Å². The van der Waals surface area contributed by atoms with Crippen molar-refractivity contribution in [2.45, 2.75) is 13.0 Å². The number of hydrogen-bond acceptors (Lipinski definition) is 7. The van der Waals surface area contributed by atoms with Gasteiger partial charge in [0, 0.05) is 6.07 Å². The lowest BCUT2D eigenvalue weighted by Gasteiger charge is -2.20. The number of fused-ring (bicyclic) bond motifs is 2. The highest BCUT2D eigenvalue weighted by Crippen LogP contribution is 2.25. The topological polar surface area (TPSA) is 114 Å². The molecule has 0 radical (unpaired) electrons. The van der Waals surface area contributed by atoms with Crippen LogP contribution >= 0.6 is 11.6 Å². The number of aromatic nitrogens is 7. The van der Waals surface area contributed by atoms with Crippen LogP contribution in [-0.4, -0.2) is 34.5 Å². The predicted molar refractivity (Wildman–Crippen MR) is 114 cm³/mol. The summed E-state index contributed by atoms with van der Waals surface area (Å²) in [6.45, 7) is 1.81. The van der Waals surface area contributed by atoms with Gasteiger partial charge in [-0.25, -0.2) is 24.3 Å². The summed E-state index contributed by atoms with van der Waals surface area (Å²) in [5.41, 5.74) is 1.33. The number of hydrogen-bond donors (Lipinski definition) is 2. The normalized spacial score (nSPS) is 12.4. The van der Waals surface area contributed by atoms with E-state index in [1.54, 1.807) is 18.2 Å². The maximum absolute atomic E-state index is 13.9. The highest BCUT2D eigenvalue weighted by Gasteiger charge is 2.21. The van der Waals surface area contributed by atoms with Crippen molar-refractivity contribution < 1.29 is 4.39 Å². The van der Waals surface area contributed by atoms with Crippen LogP contribution in [0.3, 0.4) is 0 Å². The van der Waals surface area contributed by atoms with Crippen molar-refractivity contribution in [2.24, 2.45) is 0 Å². The van der Waals surface area contributed by atoms with Crippen LogP contribution in [0, 0.1) is 5.82 Å². The van der Waals surface area contributed by atoms with E-state index in [0.29, 0.717) is 28.3 Å². The third-order valence-electron chi connectivity index (χ3n) is 4.78. The number of nitrogens with one attached hydrogen (secondary N) is 2. The lowest BCUT2D eigenvalue weighted by Crippen LogP contribution is -2.28. The fraction of sp³-hybridized carbons (Fsp3) is 0.100. The second-order valence-corrected chi connectivity index (χ2v) is 7.20. The molecule has 0 fully saturated rings. The average Bonchev–Trinajstić information content (AvgIpc) is 3.23. The van der Waals surface area contributed by atoms with Crippen molar-refractivity contribution >= 4 is 39.5 Å². The Hall–Kier alpha value is -3.92. The number of H-pyrrole nitrogens is 1. The fourth-order valence-corrected chi connectivity index (χ4v) is 3.66. The molecular formula is C20H14ClFN8O. The number of benzene rings is 1. The standard InChI is InChI=1S/C20H14ClFN8O/c1-10(28-18-16-17(25-8-24-16)26-9-27-18)19-29-14-4-2-3-13(21)15(14)20(31)30(19)12-5-11(22)6-23-7-12/h2-10H,1H3,(H2,24,25,26,27,28). The first-order chi connectivity index (χ1) is 15.0. The zero-order chi connectivity index (χ0) is 21.5. The second-order valence-electron chi connectivity index (χ2n) is 6.79. The van der Waals surface area contributed by atoms with Gasteiger partial charge in [0.15, 0.2) is 11.5 Å². The van der Waals surface area contributed by atoms with Crippen molar-refractivity contribution in [3.05, 3.63) is 76.3 Å². The molecular weight excluding hydrogens is 423 g/mol. The molecule has 31 heavy (non-hydrogen) atoms. The highest BCUT2D eigenvalue weighted by atomic mass is 35.5. The Morgan fingerprint density at radius 1 is 1.23 bits per heavy atom. The zero-order valence-corrected chi connectivity index (χ0v) is 16.8. The second kappa shape index (κ2) is 7.40. The molecule has 1 atom stereocenters. The number of nitrogens with zero attached hydrogens (tertiary/aromatic N) is 6. The van der Waals surface area contributed by atoms with Gasteiger partial charge in [-0.15, -0.1) is 0 Å². The van der Waals surface area contributed by atoms with E-state index in [0.717, 1.165) is 6.20 Å². The zero-order valence-electron chi connectivity index (χ0n) is 16.0. The van der Waals surface area contributed by atoms with E-state index in [-0.39, 0.29) is 16.1 Å². The van der Waals surface area contributed by atoms with Crippen LogP contribution in [0.5, 0.6) is 0 Å². The van der Waals surface area contributed by atoms with Gasteiger partial charge in [0.25, 0.3) is 5.56 Å². The largest absolute Gasteiger partial charge is 0.358 e. The van der Waals surface area contributed by atoms with Crippen molar-refractivity contribution in [1.29, 1.82) is 0 Å². The molecule has 1 unspecified atom stereocenters. The number of imidazole rings is 1. The van der Waals surface area contributed by atoms with Gasteiger partial charge in [0.2, 0.25) is 0 Å². The van der Waals surface area contributed by atoms with Crippen LogP contribution in [0.2, 0.25) is 5.02 Å². The smallest absolute Gasteiger partial charge is 0.267 e. The van der Waals surface area contributed by atoms with Gasteiger partial charge in [0.05, 0.1) is 46.4 Å². The molecule has 2 N–H and O–H groups in total. The molecule has 4 aromatic heterocycles. The minimum atomic E-state index is -0.579. The molecule has 5 rings (SSSR count). The van der Waals surface area contributed by atoms with Gasteiger partial charge in [-0.05, 0) is 19.1 Å². The first-order valence-corrected chi connectivity index (χ1v) is 9.63. The summed E-state index contributed by atoms with van der Waals surface area (Å²) in [4.78, 5) is 37.5. The third kappa shape index (κ3) is 3.26. The summed E-state index contributed by atoms with van der Waals surface area (Å²) >= 11 is 6.28. The Balaban J connectivity index is 1.72. The van der Waals surface area contributed by atoms with Crippen molar-refractivity contribution in [3.8, 4) is 5.69 Å². The van der Waals surface area contributed by atoms with Gasteiger partial charge in [-0.1, -0.05) is 17.7 Å². The minimum absolute atomic E-state index is 0.232. The molecule has 154 valence electrons. The average molecular weight is 437 g/mol. The van der Waals surface area contributed by atoms with E-state index in [1.807, 2.05) is 6.92 Å². The van der Waals surface area contributed by atoms with E-state index in [4.69, 9.17) is 11.6 Å². The molecule has 9 nitrogen and oxygen atoms in total. The van der Waals surface area contributed by atoms with Crippen LogP contribution in [0.25, 0.3) is 27.8 Å². The molecule has 0 aliphatic carbocycles. The number of rotatable bonds is 4. The van der Waals surface area contributed by atoms with E-state index in [2.05, 4.69) is 35.2 Å². The molecule has 0 aliphatic rings. The first-order valence-electron chi connectivity index (χ1n) is 9.25. The maximum atomic E-state index is 13.9. The molecule has 0 amide bonds. The lowest BCUT2D eigenvalue weighted by atomic mass is 10.2. The van der Waals surface area contributed by atoms with Crippen molar-refractivity contribution in [1.82, 2.24) is 34.5 Å². The Kier molecular flexibility index (Phi) is 4.55. The van der Waals surface area contributed by atoms with E-state index < -0.39 is 17.4 Å². The minimum Gasteiger partial charge on any atom is -0.358 e. The molecule has 5 aromatic rings. The van der Waals surface area contributed by atoms with Gasteiger partial charge < -0.3 is 10.3 Å². The summed E-state index contributed by atoms with van der Waals surface area (Å²) in [5, 5.41) is 3.71. The molecule has 0 saturated heterocycles.